The highest BCUT2D eigenvalue weighted by Gasteiger charge is 2.37. The number of aliphatic hydroxyl groups excluding tert-OH is 1. The second-order valence-corrected chi connectivity index (χ2v) is 6.19. The maximum atomic E-state index is 9.73. The molecule has 2 fully saturated rings. The van der Waals surface area contributed by atoms with E-state index in [2.05, 4.69) is 33.6 Å². The molecule has 1 aromatic heterocycles. The first-order valence-electron chi connectivity index (χ1n) is 6.39. The third-order valence-electron chi connectivity index (χ3n) is 4.04. The van der Waals surface area contributed by atoms with E-state index < -0.39 is 0 Å². The number of fused-ring (bicyclic) bond motifs is 1. The fourth-order valence-corrected chi connectivity index (χ4v) is 3.77. The van der Waals surface area contributed by atoms with E-state index in [1.807, 2.05) is 0 Å². The van der Waals surface area contributed by atoms with Gasteiger partial charge in [0, 0.05) is 38.3 Å². The van der Waals surface area contributed by atoms with Crippen LogP contribution in [-0.4, -0.2) is 52.7 Å². The maximum Gasteiger partial charge on any atom is 0.0682 e. The van der Waals surface area contributed by atoms with Crippen molar-refractivity contribution in [3.63, 3.8) is 0 Å². The van der Waals surface area contributed by atoms with Gasteiger partial charge in [-0.15, -0.1) is 0 Å². The fraction of sp³-hybridized carbons (Fsp3) is 0.692. The molecule has 1 N–H and O–H groups in total. The van der Waals surface area contributed by atoms with E-state index in [0.717, 1.165) is 32.6 Å². The maximum absolute atomic E-state index is 9.73. The number of hydrogen-bond acceptors (Lipinski definition) is 4. The average Bonchev–Trinajstić information content (AvgIpc) is 2.87. The first-order chi connectivity index (χ1) is 8.22. The summed E-state index contributed by atoms with van der Waals surface area (Å²) in [5.41, 5.74) is 1.42. The largest absolute Gasteiger partial charge is 0.392 e. The molecule has 17 heavy (non-hydrogen) atoms. The fourth-order valence-electron chi connectivity index (χ4n) is 3.11. The minimum atomic E-state index is -0.103. The predicted molar refractivity (Wildman–Crippen MR) is 70.2 cm³/mol. The molecule has 0 aromatic carbocycles. The van der Waals surface area contributed by atoms with Crippen LogP contribution in [0.5, 0.6) is 0 Å². The quantitative estimate of drug-likeness (QED) is 0.861. The summed E-state index contributed by atoms with van der Waals surface area (Å²) in [6.45, 7) is 6.44. The van der Waals surface area contributed by atoms with Crippen LogP contribution in [0.4, 0.5) is 0 Å². The Labute approximate surface area is 107 Å². The Morgan fingerprint density at radius 3 is 3.06 bits per heavy atom. The Hall–Kier alpha value is -0.420. The van der Waals surface area contributed by atoms with Crippen molar-refractivity contribution in [1.29, 1.82) is 0 Å². The Bertz CT molecular complexity index is 368. The van der Waals surface area contributed by atoms with Crippen LogP contribution in [0, 0.1) is 0 Å². The number of hydrogen-bond donors (Lipinski definition) is 1. The summed E-state index contributed by atoms with van der Waals surface area (Å²) in [5.74, 6) is 0. The molecule has 3 rings (SSSR count). The van der Waals surface area contributed by atoms with E-state index in [1.54, 1.807) is 11.3 Å². The molecule has 2 saturated heterocycles. The molecule has 2 aliphatic heterocycles. The van der Waals surface area contributed by atoms with Gasteiger partial charge in [-0.05, 0) is 35.7 Å². The monoisotopic (exact) mass is 252 g/mol. The van der Waals surface area contributed by atoms with Crippen molar-refractivity contribution in [2.75, 3.05) is 19.6 Å². The Kier molecular flexibility index (Phi) is 3.21. The van der Waals surface area contributed by atoms with E-state index in [-0.39, 0.29) is 6.10 Å². The van der Waals surface area contributed by atoms with E-state index >= 15 is 0 Å². The molecule has 3 heterocycles. The van der Waals surface area contributed by atoms with Crippen molar-refractivity contribution in [3.8, 4) is 0 Å². The number of thiophene rings is 1. The first-order valence-corrected chi connectivity index (χ1v) is 7.34. The molecule has 3 nitrogen and oxygen atoms in total. The third-order valence-corrected chi connectivity index (χ3v) is 4.77. The van der Waals surface area contributed by atoms with Gasteiger partial charge in [0.1, 0.15) is 0 Å². The Morgan fingerprint density at radius 1 is 1.41 bits per heavy atom. The van der Waals surface area contributed by atoms with Gasteiger partial charge in [0.05, 0.1) is 6.10 Å². The zero-order valence-electron chi connectivity index (χ0n) is 10.2. The molecule has 0 saturated carbocycles. The van der Waals surface area contributed by atoms with Crippen molar-refractivity contribution in [1.82, 2.24) is 9.80 Å². The molecule has 0 amide bonds. The predicted octanol–water partition coefficient (Wildman–Crippen LogP) is 1.39. The molecular formula is C13H20N2OS. The van der Waals surface area contributed by atoms with E-state index in [9.17, 15) is 5.11 Å². The molecule has 0 spiro atoms. The average molecular weight is 252 g/mol. The number of nitrogens with zero attached hydrogens (tertiary/aromatic N) is 2. The number of piperazine rings is 1. The minimum absolute atomic E-state index is 0.103. The standard InChI is InChI=1S/C13H20N2OS/c1-10-5-15-8-13(16)4-12(15)7-14(10)6-11-2-3-17-9-11/h2-3,9-10,12-13,16H,4-8H2,1H3/t10-,12+,13+/m0/s1. The van der Waals surface area contributed by atoms with Crippen LogP contribution in [0.25, 0.3) is 0 Å². The van der Waals surface area contributed by atoms with Crippen molar-refractivity contribution < 1.29 is 5.11 Å². The van der Waals surface area contributed by atoms with Gasteiger partial charge in [-0.3, -0.25) is 9.80 Å². The van der Waals surface area contributed by atoms with Crippen LogP contribution in [0.15, 0.2) is 16.8 Å². The highest BCUT2D eigenvalue weighted by Crippen LogP contribution is 2.26. The van der Waals surface area contributed by atoms with Gasteiger partial charge >= 0.3 is 0 Å². The molecule has 4 heteroatoms. The zero-order chi connectivity index (χ0) is 11.8. The third kappa shape index (κ3) is 2.40. The second-order valence-electron chi connectivity index (χ2n) is 5.41. The van der Waals surface area contributed by atoms with Gasteiger partial charge in [-0.1, -0.05) is 0 Å². The normalized spacial score (nSPS) is 35.1. The Morgan fingerprint density at radius 2 is 2.29 bits per heavy atom. The van der Waals surface area contributed by atoms with Crippen molar-refractivity contribution in [2.24, 2.45) is 0 Å². The van der Waals surface area contributed by atoms with Crippen LogP contribution in [0.2, 0.25) is 0 Å². The first kappa shape index (κ1) is 11.7. The summed E-state index contributed by atoms with van der Waals surface area (Å²) in [6, 6.07) is 3.38. The highest BCUT2D eigenvalue weighted by molar-refractivity contribution is 7.07. The molecular weight excluding hydrogens is 232 g/mol. The summed E-state index contributed by atoms with van der Waals surface area (Å²) in [7, 11) is 0. The Balaban J connectivity index is 1.66. The summed E-state index contributed by atoms with van der Waals surface area (Å²) < 4.78 is 0. The molecule has 0 radical (unpaired) electrons. The minimum Gasteiger partial charge on any atom is -0.392 e. The summed E-state index contributed by atoms with van der Waals surface area (Å²) in [5, 5.41) is 14.1. The van der Waals surface area contributed by atoms with Gasteiger partial charge in [0.25, 0.3) is 0 Å². The van der Waals surface area contributed by atoms with Crippen molar-refractivity contribution >= 4 is 11.3 Å². The van der Waals surface area contributed by atoms with Gasteiger partial charge in [0.2, 0.25) is 0 Å². The molecule has 0 bridgehead atoms. The number of rotatable bonds is 2. The van der Waals surface area contributed by atoms with E-state index in [4.69, 9.17) is 0 Å². The molecule has 2 aliphatic rings. The molecule has 1 aromatic rings. The second kappa shape index (κ2) is 4.69. The topological polar surface area (TPSA) is 26.7 Å². The van der Waals surface area contributed by atoms with Gasteiger partial charge in [-0.2, -0.15) is 11.3 Å². The van der Waals surface area contributed by atoms with E-state index in [0.29, 0.717) is 12.1 Å². The molecule has 94 valence electrons. The van der Waals surface area contributed by atoms with Crippen molar-refractivity contribution in [2.45, 2.75) is 38.1 Å². The lowest BCUT2D eigenvalue weighted by Gasteiger charge is -2.42. The molecule has 0 unspecified atom stereocenters. The lowest BCUT2D eigenvalue weighted by Crippen LogP contribution is -2.54. The van der Waals surface area contributed by atoms with Gasteiger partial charge in [-0.25, -0.2) is 0 Å². The highest BCUT2D eigenvalue weighted by atomic mass is 32.1. The molecule has 3 atom stereocenters. The van der Waals surface area contributed by atoms with Crippen LogP contribution < -0.4 is 0 Å². The van der Waals surface area contributed by atoms with Crippen LogP contribution in [0.1, 0.15) is 18.9 Å². The molecule has 0 aliphatic carbocycles. The summed E-state index contributed by atoms with van der Waals surface area (Å²) >= 11 is 1.77. The zero-order valence-corrected chi connectivity index (χ0v) is 11.1. The smallest absolute Gasteiger partial charge is 0.0682 e. The van der Waals surface area contributed by atoms with Crippen LogP contribution in [-0.2, 0) is 6.54 Å². The summed E-state index contributed by atoms with van der Waals surface area (Å²) in [6.07, 6.45) is 0.848. The van der Waals surface area contributed by atoms with Crippen LogP contribution >= 0.6 is 11.3 Å². The van der Waals surface area contributed by atoms with E-state index in [1.165, 1.54) is 5.56 Å². The summed E-state index contributed by atoms with van der Waals surface area (Å²) in [4.78, 5) is 5.01. The van der Waals surface area contributed by atoms with Gasteiger partial charge < -0.3 is 5.11 Å². The van der Waals surface area contributed by atoms with Gasteiger partial charge in [0.15, 0.2) is 0 Å². The van der Waals surface area contributed by atoms with Crippen molar-refractivity contribution in [3.05, 3.63) is 22.4 Å². The lowest BCUT2D eigenvalue weighted by molar-refractivity contribution is 0.0529. The lowest BCUT2D eigenvalue weighted by atomic mass is 10.1. The van der Waals surface area contributed by atoms with Crippen LogP contribution in [0.3, 0.4) is 0 Å². The number of aliphatic hydroxyl groups is 1. The SMILES string of the molecule is C[C@H]1CN2C[C@H](O)C[C@@H]2CN1Cc1ccsc1.